The van der Waals surface area contributed by atoms with Crippen LogP contribution in [-0.2, 0) is 35.8 Å². The van der Waals surface area contributed by atoms with Crippen LogP contribution in [0.4, 0.5) is 0 Å². The Bertz CT molecular complexity index is 1290. The van der Waals surface area contributed by atoms with E-state index >= 15 is 0 Å². The third kappa shape index (κ3) is 5.89. The molecule has 1 aromatic heterocycles. The van der Waals surface area contributed by atoms with Gasteiger partial charge in [-0.05, 0) is 54.2 Å². The summed E-state index contributed by atoms with van der Waals surface area (Å²) < 4.78 is 30.5. The number of para-hydroxylation sites is 2. The van der Waals surface area contributed by atoms with Crippen LogP contribution in [-0.4, -0.2) is 24.5 Å². The second-order valence-electron chi connectivity index (χ2n) is 8.79. The summed E-state index contributed by atoms with van der Waals surface area (Å²) in [6.45, 7) is 5.13. The van der Waals surface area contributed by atoms with Crippen LogP contribution < -0.4 is 4.72 Å². The van der Waals surface area contributed by atoms with E-state index in [4.69, 9.17) is 4.98 Å². The summed E-state index contributed by atoms with van der Waals surface area (Å²) in [6, 6.07) is 25.5. The van der Waals surface area contributed by atoms with E-state index in [1.54, 1.807) is 12.1 Å². The molecule has 3 aromatic carbocycles. The highest BCUT2D eigenvalue weighted by molar-refractivity contribution is 7.89. The van der Waals surface area contributed by atoms with E-state index in [-0.39, 0.29) is 0 Å². The van der Waals surface area contributed by atoms with Gasteiger partial charge in [0.1, 0.15) is 5.82 Å². The number of sulfonamides is 1. The minimum absolute atomic E-state index is 0.300. The first-order chi connectivity index (χ1) is 15.9. The van der Waals surface area contributed by atoms with Crippen molar-refractivity contribution in [2.24, 2.45) is 5.92 Å². The molecule has 0 fully saturated rings. The van der Waals surface area contributed by atoms with Crippen molar-refractivity contribution in [3.8, 4) is 0 Å². The van der Waals surface area contributed by atoms with Gasteiger partial charge in [0.05, 0.1) is 15.9 Å². The lowest BCUT2D eigenvalue weighted by molar-refractivity contribution is 0.571. The molecule has 172 valence electrons. The quantitative estimate of drug-likeness (QED) is 0.362. The normalized spacial score (nSPS) is 12.0. The van der Waals surface area contributed by atoms with Crippen molar-refractivity contribution in [3.63, 3.8) is 0 Å². The lowest BCUT2D eigenvalue weighted by Gasteiger charge is -2.12. The van der Waals surface area contributed by atoms with Crippen molar-refractivity contribution in [1.82, 2.24) is 14.3 Å². The Morgan fingerprint density at radius 1 is 0.848 bits per heavy atom. The molecule has 0 atom stereocenters. The Labute approximate surface area is 196 Å². The molecule has 1 heterocycles. The molecule has 4 rings (SSSR count). The molecule has 0 radical (unpaired) electrons. The molecule has 0 spiro atoms. The maximum atomic E-state index is 12.8. The van der Waals surface area contributed by atoms with Gasteiger partial charge in [0.25, 0.3) is 0 Å². The van der Waals surface area contributed by atoms with E-state index in [9.17, 15) is 8.42 Å². The fraction of sp³-hybridized carbons (Fsp3) is 0.296. The van der Waals surface area contributed by atoms with E-state index in [1.165, 1.54) is 5.56 Å². The summed E-state index contributed by atoms with van der Waals surface area (Å²) in [5, 5.41) is 0. The fourth-order valence-electron chi connectivity index (χ4n) is 4.12. The number of hydrogen-bond acceptors (Lipinski definition) is 3. The van der Waals surface area contributed by atoms with E-state index in [2.05, 4.69) is 35.3 Å². The van der Waals surface area contributed by atoms with E-state index < -0.39 is 10.0 Å². The predicted molar refractivity (Wildman–Crippen MR) is 134 cm³/mol. The summed E-state index contributed by atoms with van der Waals surface area (Å²) >= 11 is 0. The molecule has 5 nitrogen and oxygen atoms in total. The number of nitrogens with one attached hydrogen (secondary N) is 1. The summed E-state index contributed by atoms with van der Waals surface area (Å²) in [7, 11) is -3.56. The summed E-state index contributed by atoms with van der Waals surface area (Å²) in [6.07, 6.45) is 2.62. The smallest absolute Gasteiger partial charge is 0.240 e. The summed E-state index contributed by atoms with van der Waals surface area (Å²) in [5.41, 5.74) is 4.37. The highest BCUT2D eigenvalue weighted by Gasteiger charge is 2.15. The standard InChI is InChI=1S/C27H31N3O2S/c1-21(2)20-23-12-15-24(16-13-23)33(31,32)28-18-19-30-26-11-7-6-10-25(26)29-27(30)17-14-22-8-4-3-5-9-22/h3-13,15-16,21,28H,14,17-20H2,1-2H3. The average molecular weight is 462 g/mol. The maximum Gasteiger partial charge on any atom is 0.240 e. The Morgan fingerprint density at radius 3 is 2.27 bits per heavy atom. The molecule has 1 N–H and O–H groups in total. The SMILES string of the molecule is CC(C)Cc1ccc(S(=O)(=O)NCCn2c(CCc3ccccc3)nc3ccccc32)cc1. The molecule has 6 heteroatoms. The van der Waals surface area contributed by atoms with Crippen molar-refractivity contribution < 1.29 is 8.42 Å². The topological polar surface area (TPSA) is 64.0 Å². The van der Waals surface area contributed by atoms with Crippen LogP contribution in [0, 0.1) is 5.92 Å². The second-order valence-corrected chi connectivity index (χ2v) is 10.6. The van der Waals surface area contributed by atoms with Crippen molar-refractivity contribution in [2.45, 2.75) is 44.6 Å². The van der Waals surface area contributed by atoms with Gasteiger partial charge in [-0.15, -0.1) is 0 Å². The Morgan fingerprint density at radius 2 is 1.55 bits per heavy atom. The summed E-state index contributed by atoms with van der Waals surface area (Å²) in [4.78, 5) is 5.12. The number of benzene rings is 3. The zero-order valence-electron chi connectivity index (χ0n) is 19.2. The molecular weight excluding hydrogens is 430 g/mol. The molecule has 0 bridgehead atoms. The van der Waals surface area contributed by atoms with Crippen molar-refractivity contribution in [1.29, 1.82) is 0 Å². The molecule has 33 heavy (non-hydrogen) atoms. The van der Waals surface area contributed by atoms with Crippen LogP contribution in [0.1, 0.15) is 30.8 Å². The van der Waals surface area contributed by atoms with E-state index in [0.29, 0.717) is 23.9 Å². The van der Waals surface area contributed by atoms with Crippen LogP contribution in [0.5, 0.6) is 0 Å². The monoisotopic (exact) mass is 461 g/mol. The van der Waals surface area contributed by atoms with Gasteiger partial charge in [-0.1, -0.05) is 68.4 Å². The third-order valence-corrected chi connectivity index (χ3v) is 7.20. The van der Waals surface area contributed by atoms with E-state index in [1.807, 2.05) is 54.6 Å². The lowest BCUT2D eigenvalue weighted by Crippen LogP contribution is -2.28. The van der Waals surface area contributed by atoms with Crippen LogP contribution in [0.15, 0.2) is 83.8 Å². The zero-order chi connectivity index (χ0) is 23.3. The first-order valence-electron chi connectivity index (χ1n) is 11.5. The Kier molecular flexibility index (Phi) is 7.26. The Hall–Kier alpha value is -2.96. The highest BCUT2D eigenvalue weighted by atomic mass is 32.2. The number of hydrogen-bond donors (Lipinski definition) is 1. The van der Waals surface area contributed by atoms with Gasteiger partial charge in [0.2, 0.25) is 10.0 Å². The van der Waals surface area contributed by atoms with Crippen LogP contribution in [0.25, 0.3) is 11.0 Å². The minimum atomic E-state index is -3.56. The first kappa shape index (κ1) is 23.2. The van der Waals surface area contributed by atoms with Gasteiger partial charge < -0.3 is 4.57 Å². The van der Waals surface area contributed by atoms with E-state index in [0.717, 1.165) is 41.7 Å². The number of imidazole rings is 1. The highest BCUT2D eigenvalue weighted by Crippen LogP contribution is 2.18. The molecule has 0 aliphatic carbocycles. The van der Waals surface area contributed by atoms with Gasteiger partial charge in [-0.25, -0.2) is 18.1 Å². The maximum absolute atomic E-state index is 12.8. The molecule has 0 amide bonds. The minimum Gasteiger partial charge on any atom is -0.327 e. The zero-order valence-corrected chi connectivity index (χ0v) is 20.1. The van der Waals surface area contributed by atoms with Gasteiger partial charge in [-0.2, -0.15) is 0 Å². The van der Waals surface area contributed by atoms with Gasteiger partial charge in [-0.3, -0.25) is 0 Å². The van der Waals surface area contributed by atoms with Gasteiger partial charge >= 0.3 is 0 Å². The van der Waals surface area contributed by atoms with Gasteiger partial charge in [0, 0.05) is 19.5 Å². The van der Waals surface area contributed by atoms with Crippen molar-refractivity contribution in [3.05, 3.63) is 95.8 Å². The molecular formula is C27H31N3O2S. The second kappa shape index (κ2) is 10.3. The predicted octanol–water partition coefficient (Wildman–Crippen LogP) is 5.00. The number of fused-ring (bicyclic) bond motifs is 1. The lowest BCUT2D eigenvalue weighted by atomic mass is 10.0. The van der Waals surface area contributed by atoms with Crippen LogP contribution in [0.3, 0.4) is 0 Å². The molecule has 0 aliphatic heterocycles. The number of rotatable bonds is 10. The number of nitrogens with zero attached hydrogens (tertiary/aromatic N) is 2. The largest absolute Gasteiger partial charge is 0.327 e. The molecule has 4 aromatic rings. The van der Waals surface area contributed by atoms with Crippen molar-refractivity contribution >= 4 is 21.1 Å². The average Bonchev–Trinajstić information content (AvgIpc) is 3.16. The number of aromatic nitrogens is 2. The van der Waals surface area contributed by atoms with Gasteiger partial charge in [0.15, 0.2) is 0 Å². The Balaban J connectivity index is 1.46. The third-order valence-electron chi connectivity index (χ3n) is 5.72. The van der Waals surface area contributed by atoms with Crippen molar-refractivity contribution in [2.75, 3.05) is 6.54 Å². The fourth-order valence-corrected chi connectivity index (χ4v) is 5.14. The number of aryl methyl sites for hydroxylation is 2. The molecule has 0 unspecified atom stereocenters. The van der Waals surface area contributed by atoms with Crippen LogP contribution in [0.2, 0.25) is 0 Å². The molecule has 0 aliphatic rings. The molecule has 0 saturated heterocycles. The molecule has 0 saturated carbocycles. The van der Waals surface area contributed by atoms with Crippen LogP contribution >= 0.6 is 0 Å². The summed E-state index contributed by atoms with van der Waals surface area (Å²) in [5.74, 6) is 1.50. The first-order valence-corrected chi connectivity index (χ1v) is 13.0.